The zero-order chi connectivity index (χ0) is 13.0. The number of nitrogens with one attached hydrogen (secondary N) is 1. The predicted octanol–water partition coefficient (Wildman–Crippen LogP) is 2.17. The summed E-state index contributed by atoms with van der Waals surface area (Å²) in [6.45, 7) is 5.70. The van der Waals surface area contributed by atoms with Crippen LogP contribution in [0.3, 0.4) is 0 Å². The molecule has 0 radical (unpaired) electrons. The van der Waals surface area contributed by atoms with Crippen LogP contribution in [0.25, 0.3) is 0 Å². The highest BCUT2D eigenvalue weighted by Gasteiger charge is 2.15. The summed E-state index contributed by atoms with van der Waals surface area (Å²) in [5, 5.41) is 3.47. The normalized spacial score (nSPS) is 17.7. The molecule has 1 aliphatic heterocycles. The number of hydrogen-bond acceptors (Lipinski definition) is 4. The Kier molecular flexibility index (Phi) is 4.31. The van der Waals surface area contributed by atoms with Gasteiger partial charge in [-0.05, 0) is 45.0 Å². The highest BCUT2D eigenvalue weighted by atomic mass is 16.5. The van der Waals surface area contributed by atoms with Crippen LogP contribution in [0.1, 0.15) is 19.8 Å². The van der Waals surface area contributed by atoms with E-state index in [1.54, 1.807) is 7.11 Å². The fourth-order valence-electron chi connectivity index (χ4n) is 2.45. The highest BCUT2D eigenvalue weighted by Crippen LogP contribution is 2.25. The molecule has 1 fully saturated rings. The molecule has 0 aromatic heterocycles. The molecule has 0 aliphatic carbocycles. The van der Waals surface area contributed by atoms with Crippen molar-refractivity contribution in [2.45, 2.75) is 25.8 Å². The van der Waals surface area contributed by atoms with Crippen molar-refractivity contribution in [1.29, 1.82) is 0 Å². The summed E-state index contributed by atoms with van der Waals surface area (Å²) in [5.74, 6) is 0.833. The molecule has 1 unspecified atom stereocenters. The molecule has 1 aromatic carbocycles. The topological polar surface area (TPSA) is 50.5 Å². The second-order valence-corrected chi connectivity index (χ2v) is 5.01. The van der Waals surface area contributed by atoms with E-state index < -0.39 is 0 Å². The zero-order valence-corrected chi connectivity index (χ0v) is 11.3. The van der Waals surface area contributed by atoms with E-state index in [1.165, 1.54) is 25.9 Å². The monoisotopic (exact) mass is 249 g/mol. The summed E-state index contributed by atoms with van der Waals surface area (Å²) < 4.78 is 5.22. The lowest BCUT2D eigenvalue weighted by molar-refractivity contribution is 0.328. The number of benzene rings is 1. The van der Waals surface area contributed by atoms with Gasteiger partial charge < -0.3 is 20.7 Å². The maximum Gasteiger partial charge on any atom is 0.121 e. The van der Waals surface area contributed by atoms with Crippen molar-refractivity contribution in [3.05, 3.63) is 18.2 Å². The Balaban J connectivity index is 1.94. The first-order valence-electron chi connectivity index (χ1n) is 6.61. The van der Waals surface area contributed by atoms with Crippen molar-refractivity contribution < 1.29 is 4.74 Å². The summed E-state index contributed by atoms with van der Waals surface area (Å²) in [4.78, 5) is 2.49. The average molecular weight is 249 g/mol. The standard InChI is InChI=1S/C14H23N3O/c1-11(10-17-7-3-4-8-17)16-14-9-12(18-2)5-6-13(14)15/h5-6,9,11,16H,3-4,7-8,10,15H2,1-2H3. The minimum atomic E-state index is 0.387. The van der Waals surface area contributed by atoms with Crippen LogP contribution in [0.4, 0.5) is 11.4 Å². The number of nitrogen functional groups attached to an aromatic ring is 1. The van der Waals surface area contributed by atoms with Crippen LogP contribution in [-0.2, 0) is 0 Å². The maximum absolute atomic E-state index is 5.97. The van der Waals surface area contributed by atoms with Gasteiger partial charge in [-0.25, -0.2) is 0 Å². The Bertz CT molecular complexity index is 389. The minimum absolute atomic E-state index is 0.387. The molecule has 18 heavy (non-hydrogen) atoms. The second-order valence-electron chi connectivity index (χ2n) is 5.01. The third-order valence-corrected chi connectivity index (χ3v) is 3.39. The maximum atomic E-state index is 5.97. The number of methoxy groups -OCH3 is 1. The van der Waals surface area contributed by atoms with E-state index in [1.807, 2.05) is 18.2 Å². The molecule has 1 aromatic rings. The molecule has 2 rings (SSSR count). The van der Waals surface area contributed by atoms with Crippen molar-refractivity contribution >= 4 is 11.4 Å². The SMILES string of the molecule is COc1ccc(N)c(NC(C)CN2CCCC2)c1. The van der Waals surface area contributed by atoms with Crippen LogP contribution in [0.5, 0.6) is 5.75 Å². The lowest BCUT2D eigenvalue weighted by Crippen LogP contribution is -2.33. The van der Waals surface area contributed by atoms with Gasteiger partial charge in [0.05, 0.1) is 18.5 Å². The first-order chi connectivity index (χ1) is 8.69. The Hall–Kier alpha value is -1.42. The molecule has 100 valence electrons. The molecule has 1 heterocycles. The summed E-state index contributed by atoms with van der Waals surface area (Å²) in [7, 11) is 1.67. The molecule has 0 saturated carbocycles. The fourth-order valence-corrected chi connectivity index (χ4v) is 2.45. The van der Waals surface area contributed by atoms with Crippen LogP contribution in [0.15, 0.2) is 18.2 Å². The summed E-state index contributed by atoms with van der Waals surface area (Å²) in [5.41, 5.74) is 7.70. The van der Waals surface area contributed by atoms with E-state index in [0.29, 0.717) is 6.04 Å². The van der Waals surface area contributed by atoms with Gasteiger partial charge in [0, 0.05) is 18.7 Å². The van der Waals surface area contributed by atoms with E-state index in [9.17, 15) is 0 Å². The van der Waals surface area contributed by atoms with Gasteiger partial charge in [0.15, 0.2) is 0 Å². The number of hydrogen-bond donors (Lipinski definition) is 2. The van der Waals surface area contributed by atoms with Crippen molar-refractivity contribution in [3.8, 4) is 5.75 Å². The fraction of sp³-hybridized carbons (Fsp3) is 0.571. The molecule has 1 atom stereocenters. The largest absolute Gasteiger partial charge is 0.497 e. The average Bonchev–Trinajstić information content (AvgIpc) is 2.84. The van der Waals surface area contributed by atoms with Gasteiger partial charge in [-0.1, -0.05) is 0 Å². The third-order valence-electron chi connectivity index (χ3n) is 3.39. The van der Waals surface area contributed by atoms with Crippen LogP contribution < -0.4 is 15.8 Å². The van der Waals surface area contributed by atoms with Crippen LogP contribution >= 0.6 is 0 Å². The summed E-state index contributed by atoms with van der Waals surface area (Å²) in [6.07, 6.45) is 2.65. The first-order valence-corrected chi connectivity index (χ1v) is 6.61. The first kappa shape index (κ1) is 13.0. The highest BCUT2D eigenvalue weighted by molar-refractivity contribution is 5.68. The predicted molar refractivity (Wildman–Crippen MR) is 76.2 cm³/mol. The van der Waals surface area contributed by atoms with E-state index in [4.69, 9.17) is 10.5 Å². The molecule has 4 heteroatoms. The van der Waals surface area contributed by atoms with Crippen molar-refractivity contribution in [3.63, 3.8) is 0 Å². The number of rotatable bonds is 5. The number of anilines is 2. The number of likely N-dealkylation sites (tertiary alicyclic amines) is 1. The third kappa shape index (κ3) is 3.29. The van der Waals surface area contributed by atoms with E-state index in [2.05, 4.69) is 17.1 Å². The minimum Gasteiger partial charge on any atom is -0.497 e. The molecular formula is C14H23N3O. The molecule has 0 amide bonds. The smallest absolute Gasteiger partial charge is 0.121 e. The lowest BCUT2D eigenvalue weighted by atomic mass is 10.2. The van der Waals surface area contributed by atoms with Gasteiger partial charge in [0.2, 0.25) is 0 Å². The molecule has 0 spiro atoms. The molecule has 3 N–H and O–H groups in total. The quantitative estimate of drug-likeness (QED) is 0.785. The van der Waals surface area contributed by atoms with Gasteiger partial charge in [0.25, 0.3) is 0 Å². The zero-order valence-electron chi connectivity index (χ0n) is 11.3. The molecule has 1 aliphatic rings. The molecule has 1 saturated heterocycles. The number of ether oxygens (including phenoxy) is 1. The van der Waals surface area contributed by atoms with Gasteiger partial charge in [-0.2, -0.15) is 0 Å². The van der Waals surface area contributed by atoms with Gasteiger partial charge in [-0.3, -0.25) is 0 Å². The summed E-state index contributed by atoms with van der Waals surface area (Å²) >= 11 is 0. The Labute approximate surface area is 109 Å². The summed E-state index contributed by atoms with van der Waals surface area (Å²) in [6, 6.07) is 6.10. The van der Waals surface area contributed by atoms with Crippen LogP contribution in [-0.4, -0.2) is 37.7 Å². The Morgan fingerprint density at radius 2 is 2.11 bits per heavy atom. The van der Waals surface area contributed by atoms with Crippen molar-refractivity contribution in [2.24, 2.45) is 0 Å². The van der Waals surface area contributed by atoms with Crippen LogP contribution in [0.2, 0.25) is 0 Å². The number of nitrogens with two attached hydrogens (primary N) is 1. The van der Waals surface area contributed by atoms with Crippen molar-refractivity contribution in [1.82, 2.24) is 4.90 Å². The molecule has 0 bridgehead atoms. The van der Waals surface area contributed by atoms with E-state index in [-0.39, 0.29) is 0 Å². The van der Waals surface area contributed by atoms with Crippen LogP contribution in [0, 0.1) is 0 Å². The number of nitrogens with zero attached hydrogens (tertiary/aromatic N) is 1. The van der Waals surface area contributed by atoms with Gasteiger partial charge in [-0.15, -0.1) is 0 Å². The van der Waals surface area contributed by atoms with Crippen molar-refractivity contribution in [2.75, 3.05) is 37.8 Å². The molecular weight excluding hydrogens is 226 g/mol. The van der Waals surface area contributed by atoms with E-state index in [0.717, 1.165) is 23.7 Å². The van der Waals surface area contributed by atoms with Gasteiger partial charge >= 0.3 is 0 Å². The van der Waals surface area contributed by atoms with E-state index >= 15 is 0 Å². The lowest BCUT2D eigenvalue weighted by Gasteiger charge is -2.23. The molecule has 4 nitrogen and oxygen atoms in total. The Morgan fingerprint density at radius 1 is 1.39 bits per heavy atom. The second kappa shape index (κ2) is 5.96. The Morgan fingerprint density at radius 3 is 2.78 bits per heavy atom. The van der Waals surface area contributed by atoms with Gasteiger partial charge in [0.1, 0.15) is 5.75 Å².